The van der Waals surface area contributed by atoms with Crippen molar-refractivity contribution in [3.63, 3.8) is 0 Å². The fraction of sp³-hybridized carbons (Fsp3) is 0.318. The first kappa shape index (κ1) is 18.0. The van der Waals surface area contributed by atoms with Gasteiger partial charge in [-0.25, -0.2) is 0 Å². The molecular formula is C22H23N5O2. The van der Waals surface area contributed by atoms with Crippen LogP contribution in [0.1, 0.15) is 41.3 Å². The number of H-pyrrole nitrogens is 1. The molecule has 2 aliphatic rings. The number of hydrogen-bond acceptors (Lipinski definition) is 5. The lowest BCUT2D eigenvalue weighted by Crippen LogP contribution is -2.47. The molecule has 1 aliphatic heterocycles. The third-order valence-corrected chi connectivity index (χ3v) is 5.92. The van der Waals surface area contributed by atoms with Crippen molar-refractivity contribution in [2.45, 2.75) is 31.0 Å². The van der Waals surface area contributed by atoms with Gasteiger partial charge in [-0.05, 0) is 35.4 Å². The maximum Gasteiger partial charge on any atom is 0.244 e. The minimum Gasteiger partial charge on any atom is -0.371 e. The number of fused-ring (bicyclic) bond motifs is 3. The van der Waals surface area contributed by atoms with Gasteiger partial charge in [0, 0.05) is 19.2 Å². The van der Waals surface area contributed by atoms with E-state index in [1.54, 1.807) is 11.9 Å². The molecule has 0 bridgehead atoms. The van der Waals surface area contributed by atoms with Crippen molar-refractivity contribution < 1.29 is 9.90 Å². The molecule has 2 heterocycles. The number of rotatable bonds is 5. The number of hydrogen-bond donors (Lipinski definition) is 3. The molecular weight excluding hydrogens is 366 g/mol. The molecule has 1 aliphatic carbocycles. The van der Waals surface area contributed by atoms with Crippen molar-refractivity contribution in [2.75, 3.05) is 11.9 Å². The number of aliphatic hydroxyl groups excluding tert-OH is 1. The minimum atomic E-state index is -1.09. The summed E-state index contributed by atoms with van der Waals surface area (Å²) >= 11 is 0. The smallest absolute Gasteiger partial charge is 0.244 e. The Kier molecular flexibility index (Phi) is 4.41. The molecule has 0 saturated heterocycles. The monoisotopic (exact) mass is 389 g/mol. The number of nitrogens with one attached hydrogen (secondary N) is 2. The predicted octanol–water partition coefficient (Wildman–Crippen LogP) is 2.12. The Bertz CT molecular complexity index is 1030. The maximum atomic E-state index is 13.1. The second-order valence-corrected chi connectivity index (χ2v) is 7.83. The second-order valence-electron chi connectivity index (χ2n) is 7.83. The normalized spacial score (nSPS) is 23.9. The van der Waals surface area contributed by atoms with Gasteiger partial charge in [0.05, 0.1) is 6.04 Å². The number of nitrogens with zero attached hydrogens (tertiary/aromatic N) is 3. The third-order valence-electron chi connectivity index (χ3n) is 5.92. The van der Waals surface area contributed by atoms with Crippen molar-refractivity contribution in [3.8, 4) is 0 Å². The van der Waals surface area contributed by atoms with Crippen molar-refractivity contribution in [2.24, 2.45) is 5.92 Å². The zero-order chi connectivity index (χ0) is 20.0. The van der Waals surface area contributed by atoms with Crippen molar-refractivity contribution in [3.05, 3.63) is 77.4 Å². The molecule has 29 heavy (non-hydrogen) atoms. The Labute approximate surface area is 168 Å². The number of aromatic nitrogens is 3. The van der Waals surface area contributed by atoms with E-state index < -0.39 is 12.3 Å². The number of likely N-dealkylation sites (N-methyl/N-ethyl adjacent to an activating group) is 1. The average Bonchev–Trinajstić information content (AvgIpc) is 3.41. The molecule has 148 valence electrons. The van der Waals surface area contributed by atoms with E-state index >= 15 is 0 Å². The van der Waals surface area contributed by atoms with Crippen LogP contribution < -0.4 is 10.2 Å². The van der Waals surface area contributed by atoms with Gasteiger partial charge in [0.2, 0.25) is 5.91 Å². The van der Waals surface area contributed by atoms with E-state index in [1.807, 2.05) is 48.5 Å². The number of benzene rings is 2. The highest BCUT2D eigenvalue weighted by molar-refractivity contribution is 5.99. The molecule has 0 spiro atoms. The van der Waals surface area contributed by atoms with Crippen LogP contribution in [0.2, 0.25) is 0 Å². The van der Waals surface area contributed by atoms with Gasteiger partial charge in [-0.15, -0.1) is 10.2 Å². The van der Waals surface area contributed by atoms with Crippen LogP contribution in [0.25, 0.3) is 0 Å². The van der Waals surface area contributed by atoms with E-state index in [1.165, 1.54) is 5.56 Å². The molecule has 7 heteroatoms. The number of aliphatic hydroxyl groups is 1. The van der Waals surface area contributed by atoms with Crippen LogP contribution in [0.5, 0.6) is 0 Å². The lowest BCUT2D eigenvalue weighted by molar-refractivity contribution is -0.121. The molecule has 3 N–H and O–H groups in total. The summed E-state index contributed by atoms with van der Waals surface area (Å²) in [6.45, 7) is 0. The number of aromatic amines is 1. The predicted molar refractivity (Wildman–Crippen MR) is 108 cm³/mol. The van der Waals surface area contributed by atoms with E-state index in [0.29, 0.717) is 24.0 Å². The lowest BCUT2D eigenvalue weighted by atomic mass is 10.1. The molecule has 7 nitrogen and oxygen atoms in total. The van der Waals surface area contributed by atoms with E-state index in [9.17, 15) is 9.90 Å². The zero-order valence-electron chi connectivity index (χ0n) is 16.1. The molecule has 1 aromatic heterocycles. The first-order valence-electron chi connectivity index (χ1n) is 9.88. The fourth-order valence-electron chi connectivity index (χ4n) is 4.31. The number of carbonyl (C=O) groups is 1. The van der Waals surface area contributed by atoms with Crippen LogP contribution in [-0.4, -0.2) is 39.3 Å². The molecule has 3 aromatic rings. The summed E-state index contributed by atoms with van der Waals surface area (Å²) in [5, 5.41) is 22.0. The third kappa shape index (κ3) is 3.32. The molecule has 1 amide bonds. The van der Waals surface area contributed by atoms with Gasteiger partial charge >= 0.3 is 0 Å². The van der Waals surface area contributed by atoms with Gasteiger partial charge < -0.3 is 15.0 Å². The Morgan fingerprint density at radius 1 is 1.17 bits per heavy atom. The van der Waals surface area contributed by atoms with E-state index in [-0.39, 0.29) is 11.8 Å². The average molecular weight is 389 g/mol. The molecule has 1 fully saturated rings. The van der Waals surface area contributed by atoms with Gasteiger partial charge in [-0.2, -0.15) is 0 Å². The Balaban J connectivity index is 1.31. The van der Waals surface area contributed by atoms with Gasteiger partial charge in [-0.3, -0.25) is 10.1 Å². The topological polar surface area (TPSA) is 94.1 Å². The Morgan fingerprint density at radius 3 is 2.76 bits per heavy atom. The summed E-state index contributed by atoms with van der Waals surface area (Å²) < 4.78 is 0. The molecule has 5 rings (SSSR count). The first-order valence-corrected chi connectivity index (χ1v) is 9.88. The summed E-state index contributed by atoms with van der Waals surface area (Å²) in [6, 6.07) is 17.5. The number of anilines is 1. The van der Waals surface area contributed by atoms with Gasteiger partial charge in [-0.1, -0.05) is 48.5 Å². The SMILES string of the molecule is CN1C(=O)[C@H](NC(O)c2nnc(Cc3ccccc3)[nH]2)[C@H]2C[C@H]2c2ccccc21. The molecule has 0 radical (unpaired) electrons. The summed E-state index contributed by atoms with van der Waals surface area (Å²) in [4.78, 5) is 17.8. The number of para-hydroxylation sites is 1. The molecule has 4 atom stereocenters. The van der Waals surface area contributed by atoms with Crippen molar-refractivity contribution in [1.82, 2.24) is 20.5 Å². The van der Waals surface area contributed by atoms with E-state index in [0.717, 1.165) is 17.7 Å². The summed E-state index contributed by atoms with van der Waals surface area (Å²) in [7, 11) is 1.79. The van der Waals surface area contributed by atoms with Gasteiger partial charge in [0.15, 0.2) is 12.1 Å². The van der Waals surface area contributed by atoms with Crippen LogP contribution >= 0.6 is 0 Å². The van der Waals surface area contributed by atoms with Crippen LogP contribution in [0, 0.1) is 5.92 Å². The lowest BCUT2D eigenvalue weighted by Gasteiger charge is -2.25. The molecule has 1 unspecified atom stereocenters. The largest absolute Gasteiger partial charge is 0.371 e. The minimum absolute atomic E-state index is 0.0366. The van der Waals surface area contributed by atoms with Crippen LogP contribution in [0.3, 0.4) is 0 Å². The highest BCUT2D eigenvalue weighted by Crippen LogP contribution is 2.54. The van der Waals surface area contributed by atoms with Crippen LogP contribution in [0.4, 0.5) is 5.69 Å². The van der Waals surface area contributed by atoms with E-state index in [4.69, 9.17) is 0 Å². The molecule has 1 saturated carbocycles. The zero-order valence-corrected chi connectivity index (χ0v) is 16.1. The summed E-state index contributed by atoms with van der Waals surface area (Å²) in [5.41, 5.74) is 3.27. The van der Waals surface area contributed by atoms with E-state index in [2.05, 4.69) is 26.6 Å². The number of carbonyl (C=O) groups excluding carboxylic acids is 1. The highest BCUT2D eigenvalue weighted by Gasteiger charge is 2.51. The van der Waals surface area contributed by atoms with Crippen LogP contribution in [0.15, 0.2) is 54.6 Å². The van der Waals surface area contributed by atoms with Crippen molar-refractivity contribution in [1.29, 1.82) is 0 Å². The standard InChI is InChI=1S/C22H23N5O2/c1-27-17-10-6-5-9-14(17)15-12-16(15)19(22(27)29)24-21(28)20-23-18(25-26-20)11-13-7-3-2-4-8-13/h2-10,15-16,19,21,24,28H,11-12H2,1H3,(H,23,25,26)/t15-,16-,19+,21?/m0/s1. The summed E-state index contributed by atoms with van der Waals surface area (Å²) in [6.07, 6.45) is 0.458. The maximum absolute atomic E-state index is 13.1. The van der Waals surface area contributed by atoms with Gasteiger partial charge in [0.1, 0.15) is 5.82 Å². The highest BCUT2D eigenvalue weighted by atomic mass is 16.3. The summed E-state index contributed by atoms with van der Waals surface area (Å²) in [5.74, 6) is 1.48. The Morgan fingerprint density at radius 2 is 1.93 bits per heavy atom. The Hall–Kier alpha value is -3.03. The fourth-order valence-corrected chi connectivity index (χ4v) is 4.31. The quantitative estimate of drug-likeness (QED) is 0.581. The number of amides is 1. The first-order chi connectivity index (χ1) is 14.1. The van der Waals surface area contributed by atoms with Crippen LogP contribution in [-0.2, 0) is 11.2 Å². The van der Waals surface area contributed by atoms with Gasteiger partial charge in [0.25, 0.3) is 0 Å². The molecule has 2 aromatic carbocycles. The van der Waals surface area contributed by atoms with Crippen molar-refractivity contribution >= 4 is 11.6 Å². The second kappa shape index (κ2) is 7.09.